The molecule has 3 aromatic rings. The van der Waals surface area contributed by atoms with Crippen LogP contribution in [0, 0.1) is 13.8 Å². The predicted molar refractivity (Wildman–Crippen MR) is 136 cm³/mol. The highest BCUT2D eigenvalue weighted by atomic mass is 32.2. The quantitative estimate of drug-likeness (QED) is 0.501. The van der Waals surface area contributed by atoms with E-state index in [4.69, 9.17) is 0 Å². The number of sulfonamides is 1. The molecule has 0 radical (unpaired) electrons. The lowest BCUT2D eigenvalue weighted by Crippen LogP contribution is -2.24. The minimum atomic E-state index is -3.63. The Morgan fingerprint density at radius 1 is 0.886 bits per heavy atom. The topological polar surface area (TPSA) is 95.6 Å². The summed E-state index contributed by atoms with van der Waals surface area (Å²) in [5.74, 6) is -0.0707. The highest BCUT2D eigenvalue weighted by molar-refractivity contribution is 7.89. The Morgan fingerprint density at radius 3 is 2.17 bits per heavy atom. The van der Waals surface area contributed by atoms with E-state index in [-0.39, 0.29) is 23.3 Å². The molecule has 1 aliphatic heterocycles. The van der Waals surface area contributed by atoms with Crippen LogP contribution in [0.1, 0.15) is 45.5 Å². The number of carbonyl (C=O) groups is 2. The largest absolute Gasteiger partial charge is 0.348 e. The van der Waals surface area contributed by atoms with Crippen LogP contribution in [-0.4, -0.2) is 26.8 Å². The van der Waals surface area contributed by atoms with Crippen LogP contribution in [-0.2, 0) is 27.9 Å². The fourth-order valence-electron chi connectivity index (χ4n) is 3.92. The van der Waals surface area contributed by atoms with E-state index in [1.807, 2.05) is 38.1 Å². The first kappa shape index (κ1) is 24.6. The SMILES string of the molecule is Cc1ccc(S(=O)(=O)NCc2ccc(C(=O)NCc3ccc(N4CCCC4=O)cc3)cc2)cc1C. The molecule has 35 heavy (non-hydrogen) atoms. The van der Waals surface area contributed by atoms with Gasteiger partial charge in [-0.1, -0.05) is 30.3 Å². The number of hydrogen-bond donors (Lipinski definition) is 2. The highest BCUT2D eigenvalue weighted by Gasteiger charge is 2.21. The third-order valence-electron chi connectivity index (χ3n) is 6.25. The molecule has 2 N–H and O–H groups in total. The van der Waals surface area contributed by atoms with Crippen molar-refractivity contribution in [2.75, 3.05) is 11.4 Å². The van der Waals surface area contributed by atoms with Crippen molar-refractivity contribution >= 4 is 27.5 Å². The Hall–Kier alpha value is -3.49. The summed E-state index contributed by atoms with van der Waals surface area (Å²) in [6.07, 6.45) is 1.47. The van der Waals surface area contributed by atoms with E-state index in [1.54, 1.807) is 47.4 Å². The van der Waals surface area contributed by atoms with Gasteiger partial charge in [0.1, 0.15) is 0 Å². The lowest BCUT2D eigenvalue weighted by atomic mass is 10.1. The molecule has 8 heteroatoms. The number of benzene rings is 3. The van der Waals surface area contributed by atoms with Gasteiger partial charge in [0.25, 0.3) is 5.91 Å². The van der Waals surface area contributed by atoms with E-state index in [0.29, 0.717) is 18.5 Å². The third kappa shape index (κ3) is 5.96. The van der Waals surface area contributed by atoms with Crippen LogP contribution in [0.15, 0.2) is 71.6 Å². The molecule has 3 aromatic carbocycles. The minimum absolute atomic E-state index is 0.128. The van der Waals surface area contributed by atoms with Crippen LogP contribution >= 0.6 is 0 Å². The van der Waals surface area contributed by atoms with Gasteiger partial charge in [-0.05, 0) is 78.9 Å². The predicted octanol–water partition coefficient (Wildman–Crippen LogP) is 3.84. The van der Waals surface area contributed by atoms with Crippen molar-refractivity contribution in [2.24, 2.45) is 0 Å². The molecule has 1 fully saturated rings. The molecular weight excluding hydrogens is 462 g/mol. The standard InChI is InChI=1S/C27H29N3O4S/c1-19-5-14-25(16-20(19)2)35(33,34)29-18-22-6-10-23(11-7-22)27(32)28-17-21-8-12-24(13-9-21)30-15-3-4-26(30)31/h5-14,16,29H,3-4,15,17-18H2,1-2H3,(H,28,32). The van der Waals surface area contributed by atoms with Crippen molar-refractivity contribution < 1.29 is 18.0 Å². The summed E-state index contributed by atoms with van der Waals surface area (Å²) in [5, 5.41) is 2.89. The fourth-order valence-corrected chi connectivity index (χ4v) is 5.02. The molecule has 0 saturated carbocycles. The van der Waals surface area contributed by atoms with Crippen LogP contribution in [0.25, 0.3) is 0 Å². The second-order valence-corrected chi connectivity index (χ2v) is 10.5. The van der Waals surface area contributed by atoms with E-state index in [1.165, 1.54) is 0 Å². The maximum absolute atomic E-state index is 12.6. The van der Waals surface area contributed by atoms with Crippen LogP contribution < -0.4 is 14.9 Å². The summed E-state index contributed by atoms with van der Waals surface area (Å²) in [7, 11) is -3.63. The molecule has 1 saturated heterocycles. The normalized spacial score (nSPS) is 13.8. The Labute approximate surface area is 206 Å². The number of nitrogens with one attached hydrogen (secondary N) is 2. The molecule has 182 valence electrons. The molecule has 1 aliphatic rings. The Balaban J connectivity index is 1.30. The van der Waals surface area contributed by atoms with Crippen molar-refractivity contribution in [3.8, 4) is 0 Å². The van der Waals surface area contributed by atoms with Gasteiger partial charge in [-0.25, -0.2) is 13.1 Å². The van der Waals surface area contributed by atoms with E-state index >= 15 is 0 Å². The maximum Gasteiger partial charge on any atom is 0.251 e. The Morgan fingerprint density at radius 2 is 1.54 bits per heavy atom. The summed E-state index contributed by atoms with van der Waals surface area (Å²) < 4.78 is 27.8. The molecule has 0 aliphatic carbocycles. The zero-order chi connectivity index (χ0) is 25.0. The first-order chi connectivity index (χ1) is 16.7. The first-order valence-corrected chi connectivity index (χ1v) is 13.0. The second kappa shape index (κ2) is 10.4. The van der Waals surface area contributed by atoms with Gasteiger partial charge in [0.2, 0.25) is 15.9 Å². The summed E-state index contributed by atoms with van der Waals surface area (Å²) in [6.45, 7) is 5.06. The third-order valence-corrected chi connectivity index (χ3v) is 7.64. The number of hydrogen-bond acceptors (Lipinski definition) is 4. The lowest BCUT2D eigenvalue weighted by Gasteiger charge is -2.16. The van der Waals surface area contributed by atoms with Gasteiger partial charge < -0.3 is 10.2 Å². The van der Waals surface area contributed by atoms with Crippen LogP contribution in [0.2, 0.25) is 0 Å². The molecule has 7 nitrogen and oxygen atoms in total. The van der Waals surface area contributed by atoms with Crippen molar-refractivity contribution in [1.82, 2.24) is 10.0 Å². The van der Waals surface area contributed by atoms with Crippen LogP contribution in [0.5, 0.6) is 0 Å². The summed E-state index contributed by atoms with van der Waals surface area (Å²) in [6, 6.07) is 19.5. The number of rotatable bonds is 8. The molecule has 2 amide bonds. The zero-order valence-corrected chi connectivity index (χ0v) is 20.7. The minimum Gasteiger partial charge on any atom is -0.348 e. The zero-order valence-electron chi connectivity index (χ0n) is 19.9. The van der Waals surface area contributed by atoms with Crippen LogP contribution in [0.4, 0.5) is 5.69 Å². The molecule has 1 heterocycles. The van der Waals surface area contributed by atoms with Gasteiger partial charge in [0.05, 0.1) is 4.90 Å². The monoisotopic (exact) mass is 491 g/mol. The fraction of sp³-hybridized carbons (Fsp3) is 0.259. The van der Waals surface area contributed by atoms with Gasteiger partial charge in [-0.15, -0.1) is 0 Å². The number of aryl methyl sites for hydroxylation is 2. The second-order valence-electron chi connectivity index (χ2n) is 8.77. The molecule has 0 aromatic heterocycles. The molecule has 0 bridgehead atoms. The molecule has 0 unspecified atom stereocenters. The lowest BCUT2D eigenvalue weighted by molar-refractivity contribution is -0.117. The van der Waals surface area contributed by atoms with E-state index in [0.717, 1.165) is 40.9 Å². The van der Waals surface area contributed by atoms with Gasteiger partial charge in [-0.3, -0.25) is 9.59 Å². The van der Waals surface area contributed by atoms with E-state index < -0.39 is 10.0 Å². The van der Waals surface area contributed by atoms with Gasteiger partial charge in [0.15, 0.2) is 0 Å². The number of carbonyl (C=O) groups excluding carboxylic acids is 2. The first-order valence-electron chi connectivity index (χ1n) is 11.6. The number of nitrogens with zero attached hydrogens (tertiary/aromatic N) is 1. The average Bonchev–Trinajstić information content (AvgIpc) is 3.29. The van der Waals surface area contributed by atoms with Crippen molar-refractivity contribution in [3.63, 3.8) is 0 Å². The van der Waals surface area contributed by atoms with E-state index in [2.05, 4.69) is 10.0 Å². The summed E-state index contributed by atoms with van der Waals surface area (Å²) >= 11 is 0. The van der Waals surface area contributed by atoms with Gasteiger partial charge in [0, 0.05) is 37.3 Å². The summed E-state index contributed by atoms with van der Waals surface area (Å²) in [4.78, 5) is 26.4. The van der Waals surface area contributed by atoms with Gasteiger partial charge in [-0.2, -0.15) is 0 Å². The van der Waals surface area contributed by atoms with Gasteiger partial charge >= 0.3 is 0 Å². The van der Waals surface area contributed by atoms with E-state index in [9.17, 15) is 18.0 Å². The van der Waals surface area contributed by atoms with Crippen molar-refractivity contribution in [1.29, 1.82) is 0 Å². The Kier molecular flexibility index (Phi) is 7.33. The molecular formula is C27H29N3O4S. The van der Waals surface area contributed by atoms with Crippen LogP contribution in [0.3, 0.4) is 0 Å². The number of amides is 2. The molecule has 4 rings (SSSR count). The van der Waals surface area contributed by atoms with Crippen molar-refractivity contribution in [3.05, 3.63) is 94.5 Å². The molecule has 0 atom stereocenters. The Bertz CT molecular complexity index is 1330. The summed E-state index contributed by atoms with van der Waals surface area (Å²) in [5.41, 5.74) is 5.01. The smallest absolute Gasteiger partial charge is 0.251 e. The maximum atomic E-state index is 12.6. The molecule has 0 spiro atoms. The van der Waals surface area contributed by atoms with Crippen molar-refractivity contribution in [2.45, 2.75) is 44.7 Å². The highest BCUT2D eigenvalue weighted by Crippen LogP contribution is 2.21. The number of anilines is 1. The average molecular weight is 492 g/mol.